The van der Waals surface area contributed by atoms with E-state index in [0.29, 0.717) is 39.5 Å². The Balaban J connectivity index is 1.45. The molecule has 1 saturated carbocycles. The smallest absolute Gasteiger partial charge is 0.198 e. The van der Waals surface area contributed by atoms with E-state index in [1.54, 1.807) is 10.8 Å². The maximum Gasteiger partial charge on any atom is 0.198 e. The monoisotopic (exact) mass is 580 g/mol. The third kappa shape index (κ3) is 6.99. The van der Waals surface area contributed by atoms with Gasteiger partial charge >= 0.3 is 0 Å². The summed E-state index contributed by atoms with van der Waals surface area (Å²) in [5, 5.41) is 10.5. The van der Waals surface area contributed by atoms with Crippen molar-refractivity contribution in [3.8, 4) is 11.5 Å². The first kappa shape index (κ1) is 29.1. The standard InChI is InChI=1S/C28H35ClF2N2O3SSi/c1-38(2,3)12-11-35-18-33-16-21(29)25-24(6-10-32-27(25)33)36-26-22(30)14-19(15-23(26)31)13-20(37)5-9-28(17-34)7-4-8-28/h6,10,14-16,34H,4-5,7-9,11-13,17-18H2,1-3H3. The third-order valence-corrected chi connectivity index (χ3v) is 9.59. The highest BCUT2D eigenvalue weighted by molar-refractivity contribution is 7.80. The van der Waals surface area contributed by atoms with Gasteiger partial charge in [0, 0.05) is 40.1 Å². The molecule has 1 aromatic carbocycles. The van der Waals surface area contributed by atoms with Crippen LogP contribution in [0, 0.1) is 17.0 Å². The maximum absolute atomic E-state index is 15.0. The van der Waals surface area contributed by atoms with Crippen molar-refractivity contribution in [1.29, 1.82) is 0 Å². The largest absolute Gasteiger partial charge is 0.450 e. The second kappa shape index (κ2) is 12.1. The number of aliphatic hydroxyl groups excluding tert-OH is 1. The molecular formula is C28H35ClF2N2O3SSi. The summed E-state index contributed by atoms with van der Waals surface area (Å²) in [6.07, 6.45) is 8.05. The van der Waals surface area contributed by atoms with E-state index in [1.807, 2.05) is 0 Å². The normalized spacial score (nSPS) is 15.0. The number of pyridine rings is 1. The molecular weight excluding hydrogens is 546 g/mol. The number of aliphatic hydroxyl groups is 1. The van der Waals surface area contributed by atoms with Crippen molar-refractivity contribution in [2.75, 3.05) is 13.2 Å². The van der Waals surface area contributed by atoms with Crippen molar-refractivity contribution < 1.29 is 23.4 Å². The Hall–Kier alpha value is -1.91. The van der Waals surface area contributed by atoms with E-state index < -0.39 is 25.5 Å². The molecule has 2 aromatic heterocycles. The summed E-state index contributed by atoms with van der Waals surface area (Å²) < 4.78 is 43.4. The van der Waals surface area contributed by atoms with Gasteiger partial charge in [-0.2, -0.15) is 0 Å². The first-order chi connectivity index (χ1) is 18.0. The highest BCUT2D eigenvalue weighted by atomic mass is 35.5. The number of halogens is 3. The first-order valence-electron chi connectivity index (χ1n) is 13.0. The maximum atomic E-state index is 15.0. The van der Waals surface area contributed by atoms with Gasteiger partial charge in [-0.1, -0.05) is 49.9 Å². The fourth-order valence-electron chi connectivity index (χ4n) is 4.67. The number of nitrogens with zero attached hydrogens (tertiary/aromatic N) is 2. The zero-order chi connectivity index (χ0) is 27.5. The molecule has 5 nitrogen and oxygen atoms in total. The Morgan fingerprint density at radius 3 is 2.55 bits per heavy atom. The van der Waals surface area contributed by atoms with Gasteiger partial charge < -0.3 is 19.1 Å². The van der Waals surface area contributed by atoms with Crippen molar-refractivity contribution in [3.05, 3.63) is 52.8 Å². The Kier molecular flexibility index (Phi) is 9.25. The predicted molar refractivity (Wildman–Crippen MR) is 154 cm³/mol. The first-order valence-corrected chi connectivity index (χ1v) is 17.5. The van der Waals surface area contributed by atoms with E-state index in [4.69, 9.17) is 33.3 Å². The Morgan fingerprint density at radius 1 is 1.24 bits per heavy atom. The van der Waals surface area contributed by atoms with E-state index in [9.17, 15) is 5.11 Å². The lowest BCUT2D eigenvalue weighted by atomic mass is 9.66. The van der Waals surface area contributed by atoms with Crippen molar-refractivity contribution in [2.45, 2.75) is 70.9 Å². The molecule has 0 radical (unpaired) electrons. The van der Waals surface area contributed by atoms with Gasteiger partial charge in [-0.05, 0) is 65.8 Å². The van der Waals surface area contributed by atoms with Crippen LogP contribution in [0.2, 0.25) is 30.7 Å². The van der Waals surface area contributed by atoms with Gasteiger partial charge in [-0.15, -0.1) is 0 Å². The molecule has 1 fully saturated rings. The van der Waals surface area contributed by atoms with Crippen LogP contribution in [0.15, 0.2) is 30.6 Å². The van der Waals surface area contributed by atoms with Crippen LogP contribution in [-0.4, -0.2) is 40.8 Å². The molecule has 0 unspecified atom stereocenters. The van der Waals surface area contributed by atoms with E-state index in [1.165, 1.54) is 24.4 Å². The van der Waals surface area contributed by atoms with E-state index >= 15 is 8.78 Å². The summed E-state index contributed by atoms with van der Waals surface area (Å²) in [4.78, 5) is 5.10. The Bertz CT molecular complexity index is 1280. The van der Waals surface area contributed by atoms with Crippen LogP contribution in [0.25, 0.3) is 11.0 Å². The van der Waals surface area contributed by atoms with Crippen LogP contribution in [0.4, 0.5) is 8.78 Å². The fourth-order valence-corrected chi connectivity index (χ4v) is 5.99. The highest BCUT2D eigenvalue weighted by Gasteiger charge is 2.35. The average Bonchev–Trinajstić information content (AvgIpc) is 3.14. The molecule has 1 aliphatic carbocycles. The molecule has 0 spiro atoms. The van der Waals surface area contributed by atoms with Crippen LogP contribution in [-0.2, 0) is 17.9 Å². The lowest BCUT2D eigenvalue weighted by Crippen LogP contribution is -2.33. The summed E-state index contributed by atoms with van der Waals surface area (Å²) in [5.74, 6) is -1.93. The second-order valence-corrected chi connectivity index (χ2v) is 18.1. The van der Waals surface area contributed by atoms with Gasteiger partial charge in [0.2, 0.25) is 0 Å². The van der Waals surface area contributed by atoms with E-state index in [2.05, 4.69) is 24.6 Å². The summed E-state index contributed by atoms with van der Waals surface area (Å²) >= 11 is 12.0. The molecule has 3 aromatic rings. The second-order valence-electron chi connectivity index (χ2n) is 11.5. The number of rotatable bonds is 13. The molecule has 1 aliphatic rings. The molecule has 1 N–H and O–H groups in total. The predicted octanol–water partition coefficient (Wildman–Crippen LogP) is 7.93. The highest BCUT2D eigenvalue weighted by Crippen LogP contribution is 2.44. The number of hydrogen-bond acceptors (Lipinski definition) is 5. The Morgan fingerprint density at radius 2 is 1.95 bits per heavy atom. The number of ether oxygens (including phenoxy) is 2. The molecule has 0 amide bonds. The summed E-state index contributed by atoms with van der Waals surface area (Å²) in [6, 6.07) is 5.08. The number of hydrogen-bond donors (Lipinski definition) is 1. The average molecular weight is 581 g/mol. The van der Waals surface area contributed by atoms with E-state index in [0.717, 1.165) is 31.7 Å². The van der Waals surface area contributed by atoms with Crippen LogP contribution in [0.3, 0.4) is 0 Å². The van der Waals surface area contributed by atoms with Crippen LogP contribution in [0.5, 0.6) is 11.5 Å². The third-order valence-electron chi connectivity index (χ3n) is 7.25. The molecule has 0 saturated heterocycles. The zero-order valence-corrected chi connectivity index (χ0v) is 24.7. The number of thiocarbonyl (C=S) groups is 1. The molecule has 2 heterocycles. The van der Waals surface area contributed by atoms with Crippen LogP contribution < -0.4 is 4.74 Å². The number of benzene rings is 1. The molecule has 4 rings (SSSR count). The van der Waals surface area contributed by atoms with Crippen molar-refractivity contribution in [3.63, 3.8) is 0 Å². The van der Waals surface area contributed by atoms with Crippen LogP contribution >= 0.6 is 23.8 Å². The topological polar surface area (TPSA) is 56.5 Å². The minimum Gasteiger partial charge on any atom is -0.450 e. The van der Waals surface area contributed by atoms with Gasteiger partial charge in [0.1, 0.15) is 18.1 Å². The molecule has 0 aliphatic heterocycles. The minimum absolute atomic E-state index is 0.0333. The minimum atomic E-state index is -1.22. The van der Waals surface area contributed by atoms with Crippen LogP contribution in [0.1, 0.15) is 37.7 Å². The van der Waals surface area contributed by atoms with Crippen molar-refractivity contribution >= 4 is 47.8 Å². The van der Waals surface area contributed by atoms with Gasteiger partial charge in [0.15, 0.2) is 17.4 Å². The van der Waals surface area contributed by atoms with Gasteiger partial charge in [0.25, 0.3) is 0 Å². The number of aromatic nitrogens is 2. The molecule has 206 valence electrons. The van der Waals surface area contributed by atoms with Gasteiger partial charge in [0.05, 0.1) is 10.4 Å². The fraction of sp³-hybridized carbons (Fsp3) is 0.500. The Labute approximate surface area is 234 Å². The molecule has 0 atom stereocenters. The van der Waals surface area contributed by atoms with Crippen molar-refractivity contribution in [1.82, 2.24) is 9.55 Å². The van der Waals surface area contributed by atoms with Gasteiger partial charge in [-0.25, -0.2) is 13.8 Å². The molecule has 38 heavy (non-hydrogen) atoms. The quantitative estimate of drug-likeness (QED) is 0.126. The number of fused-ring (bicyclic) bond motifs is 1. The molecule has 10 heteroatoms. The summed E-state index contributed by atoms with van der Waals surface area (Å²) in [7, 11) is -1.22. The van der Waals surface area contributed by atoms with E-state index in [-0.39, 0.29) is 30.9 Å². The lowest BCUT2D eigenvalue weighted by molar-refractivity contribution is 0.0382. The SMILES string of the molecule is C[Si](C)(C)CCOCn1cc(Cl)c2c(Oc3c(F)cc(CC(=S)CCC4(CO)CCC4)cc3F)ccnc21. The van der Waals surface area contributed by atoms with Gasteiger partial charge in [-0.3, -0.25) is 0 Å². The summed E-state index contributed by atoms with van der Waals surface area (Å²) in [6.45, 7) is 7.91. The lowest BCUT2D eigenvalue weighted by Gasteiger charge is -2.40. The van der Waals surface area contributed by atoms with Crippen molar-refractivity contribution in [2.24, 2.45) is 5.41 Å². The summed E-state index contributed by atoms with van der Waals surface area (Å²) in [5.41, 5.74) is 0.924. The zero-order valence-electron chi connectivity index (χ0n) is 22.2. The molecule has 0 bridgehead atoms.